The molecule has 0 saturated heterocycles. The molecule has 1 N–H and O–H groups in total. The van der Waals surface area contributed by atoms with Gasteiger partial charge in [-0.2, -0.15) is 0 Å². The van der Waals surface area contributed by atoms with Crippen LogP contribution in [0.4, 0.5) is 11.4 Å². The molecule has 23 heavy (non-hydrogen) atoms. The first-order valence-electron chi connectivity index (χ1n) is 8.12. The SMILES string of the molecule is Cc1cc2c(cc1C)NCCC(c1ccc3ccccc3c1)=N2. The second-order valence-corrected chi connectivity index (χ2v) is 6.25. The lowest BCUT2D eigenvalue weighted by Crippen LogP contribution is -2.07. The van der Waals surface area contributed by atoms with E-state index in [4.69, 9.17) is 4.99 Å². The summed E-state index contributed by atoms with van der Waals surface area (Å²) in [6, 6.07) is 19.5. The van der Waals surface area contributed by atoms with Crippen LogP contribution in [-0.2, 0) is 0 Å². The van der Waals surface area contributed by atoms with E-state index < -0.39 is 0 Å². The van der Waals surface area contributed by atoms with Crippen LogP contribution in [0, 0.1) is 13.8 Å². The number of nitrogens with zero attached hydrogens (tertiary/aromatic N) is 1. The molecule has 0 fully saturated rings. The van der Waals surface area contributed by atoms with E-state index in [9.17, 15) is 0 Å². The highest BCUT2D eigenvalue weighted by molar-refractivity contribution is 6.06. The van der Waals surface area contributed by atoms with Gasteiger partial charge in [0, 0.05) is 13.0 Å². The molecular weight excluding hydrogens is 280 g/mol. The van der Waals surface area contributed by atoms with E-state index in [2.05, 4.69) is 73.8 Å². The lowest BCUT2D eigenvalue weighted by Gasteiger charge is -2.08. The quantitative estimate of drug-likeness (QED) is 0.640. The van der Waals surface area contributed by atoms with Crippen LogP contribution in [0.25, 0.3) is 10.8 Å². The van der Waals surface area contributed by atoms with Gasteiger partial charge in [0.05, 0.1) is 17.1 Å². The van der Waals surface area contributed by atoms with Gasteiger partial charge in [-0.15, -0.1) is 0 Å². The number of rotatable bonds is 1. The third kappa shape index (κ3) is 2.61. The number of anilines is 1. The Morgan fingerprint density at radius 1 is 0.870 bits per heavy atom. The van der Waals surface area contributed by atoms with Gasteiger partial charge >= 0.3 is 0 Å². The summed E-state index contributed by atoms with van der Waals surface area (Å²) in [5.74, 6) is 0. The fraction of sp³-hybridized carbons (Fsp3) is 0.190. The van der Waals surface area contributed by atoms with E-state index in [0.717, 1.165) is 30.1 Å². The molecule has 1 aliphatic rings. The van der Waals surface area contributed by atoms with Crippen molar-refractivity contribution in [2.75, 3.05) is 11.9 Å². The lowest BCUT2D eigenvalue weighted by molar-refractivity contribution is 1.12. The summed E-state index contributed by atoms with van der Waals surface area (Å²) in [5, 5.41) is 6.06. The highest BCUT2D eigenvalue weighted by Crippen LogP contribution is 2.32. The van der Waals surface area contributed by atoms with Crippen LogP contribution in [0.5, 0.6) is 0 Å². The van der Waals surface area contributed by atoms with Gasteiger partial charge in [-0.3, -0.25) is 4.99 Å². The van der Waals surface area contributed by atoms with Crippen molar-refractivity contribution in [3.05, 3.63) is 71.3 Å². The Labute approximate surface area is 136 Å². The second-order valence-electron chi connectivity index (χ2n) is 6.25. The topological polar surface area (TPSA) is 24.4 Å². The molecular formula is C21H20N2. The predicted octanol–water partition coefficient (Wildman–Crippen LogP) is 5.39. The van der Waals surface area contributed by atoms with E-state index in [1.807, 2.05) is 0 Å². The molecule has 114 valence electrons. The summed E-state index contributed by atoms with van der Waals surface area (Å²) >= 11 is 0. The number of hydrogen-bond acceptors (Lipinski definition) is 2. The number of aryl methyl sites for hydroxylation is 2. The van der Waals surface area contributed by atoms with E-state index in [1.165, 1.54) is 27.5 Å². The molecule has 2 heteroatoms. The van der Waals surface area contributed by atoms with Gasteiger partial charge in [-0.1, -0.05) is 36.4 Å². The first-order chi connectivity index (χ1) is 11.2. The molecule has 0 aromatic heterocycles. The molecule has 0 saturated carbocycles. The number of aliphatic imine (C=N–C) groups is 1. The molecule has 0 amide bonds. The van der Waals surface area contributed by atoms with Crippen molar-refractivity contribution in [1.82, 2.24) is 0 Å². The number of hydrogen-bond donors (Lipinski definition) is 1. The molecule has 0 spiro atoms. The molecule has 2 nitrogen and oxygen atoms in total. The molecule has 0 radical (unpaired) electrons. The Kier molecular flexibility index (Phi) is 3.38. The first kappa shape index (κ1) is 14.0. The highest BCUT2D eigenvalue weighted by Gasteiger charge is 2.13. The summed E-state index contributed by atoms with van der Waals surface area (Å²) in [5.41, 5.74) is 7.16. The summed E-state index contributed by atoms with van der Waals surface area (Å²) < 4.78 is 0. The molecule has 3 aromatic carbocycles. The molecule has 0 aliphatic carbocycles. The van der Waals surface area contributed by atoms with Gasteiger partial charge in [0.15, 0.2) is 0 Å². The zero-order valence-electron chi connectivity index (χ0n) is 13.6. The van der Waals surface area contributed by atoms with Crippen molar-refractivity contribution in [2.24, 2.45) is 4.99 Å². The second kappa shape index (κ2) is 5.54. The van der Waals surface area contributed by atoms with Crippen molar-refractivity contribution in [1.29, 1.82) is 0 Å². The average molecular weight is 300 g/mol. The maximum atomic E-state index is 4.97. The summed E-state index contributed by atoms with van der Waals surface area (Å²) in [6.07, 6.45) is 0.936. The molecule has 0 bridgehead atoms. The monoisotopic (exact) mass is 300 g/mol. The highest BCUT2D eigenvalue weighted by atomic mass is 14.9. The summed E-state index contributed by atoms with van der Waals surface area (Å²) in [4.78, 5) is 4.97. The number of benzene rings is 3. The van der Waals surface area contributed by atoms with Gasteiger partial charge in [-0.05, 0) is 59.5 Å². The van der Waals surface area contributed by atoms with Crippen molar-refractivity contribution in [3.8, 4) is 0 Å². The molecule has 0 atom stereocenters. The Morgan fingerprint density at radius 2 is 1.65 bits per heavy atom. The standard InChI is InChI=1S/C21H20N2/c1-14-11-20-21(12-15(14)2)23-19(9-10-22-20)18-8-7-16-5-3-4-6-17(16)13-18/h3-8,11-13,22H,9-10H2,1-2H3. The zero-order chi connectivity index (χ0) is 15.8. The maximum Gasteiger partial charge on any atom is 0.0867 e. The molecule has 1 aliphatic heterocycles. The van der Waals surface area contributed by atoms with Gasteiger partial charge in [0.25, 0.3) is 0 Å². The van der Waals surface area contributed by atoms with Gasteiger partial charge in [0.1, 0.15) is 0 Å². The van der Waals surface area contributed by atoms with E-state index in [0.29, 0.717) is 0 Å². The molecule has 1 heterocycles. The van der Waals surface area contributed by atoms with Gasteiger partial charge < -0.3 is 5.32 Å². The molecule has 0 unspecified atom stereocenters. The van der Waals surface area contributed by atoms with Crippen LogP contribution >= 0.6 is 0 Å². The van der Waals surface area contributed by atoms with Crippen molar-refractivity contribution in [2.45, 2.75) is 20.3 Å². The van der Waals surface area contributed by atoms with E-state index in [-0.39, 0.29) is 0 Å². The van der Waals surface area contributed by atoms with Crippen LogP contribution < -0.4 is 5.32 Å². The normalized spacial score (nSPS) is 13.9. The average Bonchev–Trinajstić information content (AvgIpc) is 2.77. The molecule has 4 rings (SSSR count). The van der Waals surface area contributed by atoms with Crippen molar-refractivity contribution >= 4 is 27.9 Å². The fourth-order valence-electron chi connectivity index (χ4n) is 3.13. The summed E-state index contributed by atoms with van der Waals surface area (Å²) in [7, 11) is 0. The van der Waals surface area contributed by atoms with Crippen molar-refractivity contribution in [3.63, 3.8) is 0 Å². The van der Waals surface area contributed by atoms with Gasteiger partial charge in [-0.25, -0.2) is 0 Å². The minimum Gasteiger partial charge on any atom is -0.383 e. The summed E-state index contributed by atoms with van der Waals surface area (Å²) in [6.45, 7) is 5.21. The Morgan fingerprint density at radius 3 is 2.52 bits per heavy atom. The van der Waals surface area contributed by atoms with Crippen molar-refractivity contribution < 1.29 is 0 Å². The van der Waals surface area contributed by atoms with Gasteiger partial charge in [0.2, 0.25) is 0 Å². The van der Waals surface area contributed by atoms with E-state index in [1.54, 1.807) is 0 Å². The smallest absolute Gasteiger partial charge is 0.0867 e. The molecule has 3 aromatic rings. The minimum absolute atomic E-state index is 0.918. The third-order valence-electron chi connectivity index (χ3n) is 4.63. The Hall–Kier alpha value is -2.61. The number of nitrogens with one attached hydrogen (secondary N) is 1. The minimum atomic E-state index is 0.918. The Bertz CT molecular complexity index is 922. The van der Waals surface area contributed by atoms with Crippen LogP contribution in [0.1, 0.15) is 23.1 Å². The predicted molar refractivity (Wildman–Crippen MR) is 99.2 cm³/mol. The number of fused-ring (bicyclic) bond motifs is 2. The van der Waals surface area contributed by atoms with Crippen LogP contribution in [0.3, 0.4) is 0 Å². The largest absolute Gasteiger partial charge is 0.383 e. The first-order valence-corrected chi connectivity index (χ1v) is 8.12. The van der Waals surface area contributed by atoms with E-state index >= 15 is 0 Å². The third-order valence-corrected chi connectivity index (χ3v) is 4.63. The van der Waals surface area contributed by atoms with Crippen LogP contribution in [0.15, 0.2) is 59.6 Å². The fourth-order valence-corrected chi connectivity index (χ4v) is 3.13. The van der Waals surface area contributed by atoms with Crippen LogP contribution in [-0.4, -0.2) is 12.3 Å². The lowest BCUT2D eigenvalue weighted by atomic mass is 10.0. The zero-order valence-corrected chi connectivity index (χ0v) is 13.6. The Balaban J connectivity index is 1.82. The maximum absolute atomic E-state index is 4.97. The van der Waals surface area contributed by atoms with Crippen LogP contribution in [0.2, 0.25) is 0 Å².